The maximum Gasteiger partial charge on any atom is 0.115 e. The smallest absolute Gasteiger partial charge is 0.115 e. The van der Waals surface area contributed by atoms with Crippen molar-refractivity contribution < 1.29 is 5.11 Å². The van der Waals surface area contributed by atoms with Crippen molar-refractivity contribution in [2.24, 2.45) is 0 Å². The zero-order valence-electron chi connectivity index (χ0n) is 9.06. The van der Waals surface area contributed by atoms with Gasteiger partial charge >= 0.3 is 0 Å². The molecule has 0 saturated heterocycles. The Bertz CT molecular complexity index is 400. The minimum Gasteiger partial charge on any atom is -0.508 e. The lowest BCUT2D eigenvalue weighted by Crippen LogP contribution is -1.92. The first kappa shape index (κ1) is 10.6. The summed E-state index contributed by atoms with van der Waals surface area (Å²) in [6, 6.07) is 15.3. The third kappa shape index (κ3) is 2.76. The van der Waals surface area contributed by atoms with E-state index in [0.29, 0.717) is 5.75 Å². The topological polar surface area (TPSA) is 46.2 Å². The average molecular weight is 213 g/mol. The van der Waals surface area contributed by atoms with Gasteiger partial charge in [0.05, 0.1) is 0 Å². The van der Waals surface area contributed by atoms with Gasteiger partial charge in [-0.1, -0.05) is 24.3 Å². The Kier molecular flexibility index (Phi) is 3.10. The van der Waals surface area contributed by atoms with Crippen LogP contribution in [0.3, 0.4) is 0 Å². The van der Waals surface area contributed by atoms with Crippen LogP contribution < -0.4 is 5.73 Å². The van der Waals surface area contributed by atoms with E-state index in [-0.39, 0.29) is 0 Å². The van der Waals surface area contributed by atoms with Crippen molar-refractivity contribution in [3.05, 3.63) is 59.7 Å². The molecular formula is C14H15NO. The molecule has 0 aromatic heterocycles. The highest BCUT2D eigenvalue weighted by Gasteiger charge is 1.96. The molecule has 0 aliphatic heterocycles. The van der Waals surface area contributed by atoms with Gasteiger partial charge in [0.1, 0.15) is 5.75 Å². The molecule has 0 atom stereocenters. The number of hydrogen-bond acceptors (Lipinski definition) is 2. The number of phenols is 1. The Morgan fingerprint density at radius 1 is 0.750 bits per heavy atom. The molecule has 0 aliphatic carbocycles. The number of aryl methyl sites for hydroxylation is 2. The van der Waals surface area contributed by atoms with Crippen molar-refractivity contribution in [2.75, 3.05) is 5.73 Å². The Balaban J connectivity index is 1.97. The van der Waals surface area contributed by atoms with Crippen LogP contribution in [0.15, 0.2) is 48.5 Å². The molecule has 16 heavy (non-hydrogen) atoms. The number of hydrogen-bond donors (Lipinski definition) is 2. The van der Waals surface area contributed by atoms with E-state index in [1.54, 1.807) is 12.1 Å². The summed E-state index contributed by atoms with van der Waals surface area (Å²) >= 11 is 0. The normalized spacial score (nSPS) is 10.2. The second-order valence-electron chi connectivity index (χ2n) is 3.91. The number of benzene rings is 2. The Morgan fingerprint density at radius 3 is 1.69 bits per heavy atom. The van der Waals surface area contributed by atoms with Crippen molar-refractivity contribution >= 4 is 5.69 Å². The molecule has 2 aromatic carbocycles. The average Bonchev–Trinajstić information content (AvgIpc) is 2.30. The highest BCUT2D eigenvalue weighted by atomic mass is 16.3. The quantitative estimate of drug-likeness (QED) is 0.770. The highest BCUT2D eigenvalue weighted by Crippen LogP contribution is 2.13. The van der Waals surface area contributed by atoms with Crippen LogP contribution in [-0.2, 0) is 12.8 Å². The molecule has 82 valence electrons. The Labute approximate surface area is 95.4 Å². The summed E-state index contributed by atoms with van der Waals surface area (Å²) in [5.41, 5.74) is 8.93. The number of nitrogen functional groups attached to an aromatic ring is 1. The number of anilines is 1. The third-order valence-corrected chi connectivity index (χ3v) is 2.62. The minimum atomic E-state index is 0.316. The molecule has 0 unspecified atom stereocenters. The molecule has 0 fully saturated rings. The van der Waals surface area contributed by atoms with Crippen molar-refractivity contribution in [1.82, 2.24) is 0 Å². The number of aromatic hydroxyl groups is 1. The first-order valence-electron chi connectivity index (χ1n) is 5.36. The molecule has 0 aliphatic rings. The molecule has 0 spiro atoms. The van der Waals surface area contributed by atoms with E-state index in [2.05, 4.69) is 12.1 Å². The monoisotopic (exact) mass is 213 g/mol. The van der Waals surface area contributed by atoms with Gasteiger partial charge in [-0.05, 0) is 48.2 Å². The van der Waals surface area contributed by atoms with Crippen molar-refractivity contribution in [1.29, 1.82) is 0 Å². The molecule has 2 nitrogen and oxygen atoms in total. The van der Waals surface area contributed by atoms with Crippen molar-refractivity contribution in [2.45, 2.75) is 12.8 Å². The molecular weight excluding hydrogens is 198 g/mol. The van der Waals surface area contributed by atoms with Gasteiger partial charge in [0.2, 0.25) is 0 Å². The second kappa shape index (κ2) is 4.71. The van der Waals surface area contributed by atoms with Crippen LogP contribution in [0.25, 0.3) is 0 Å². The number of nitrogens with two attached hydrogens (primary N) is 1. The molecule has 0 saturated carbocycles. The fraction of sp³-hybridized carbons (Fsp3) is 0.143. The fourth-order valence-corrected chi connectivity index (χ4v) is 1.64. The summed E-state index contributed by atoms with van der Waals surface area (Å²) < 4.78 is 0. The van der Waals surface area contributed by atoms with Gasteiger partial charge in [-0.3, -0.25) is 0 Å². The summed E-state index contributed by atoms with van der Waals surface area (Å²) in [4.78, 5) is 0. The zero-order valence-corrected chi connectivity index (χ0v) is 9.06. The maximum atomic E-state index is 9.16. The van der Waals surface area contributed by atoms with E-state index in [1.807, 2.05) is 24.3 Å². The lowest BCUT2D eigenvalue weighted by Gasteiger charge is -2.03. The molecule has 0 heterocycles. The Hall–Kier alpha value is -1.96. The molecule has 3 N–H and O–H groups in total. The van der Waals surface area contributed by atoms with Crippen LogP contribution in [0.2, 0.25) is 0 Å². The van der Waals surface area contributed by atoms with Gasteiger partial charge in [0.15, 0.2) is 0 Å². The van der Waals surface area contributed by atoms with E-state index < -0.39 is 0 Å². The molecule has 0 radical (unpaired) electrons. The largest absolute Gasteiger partial charge is 0.508 e. The molecule has 2 aromatic rings. The van der Waals surface area contributed by atoms with E-state index in [4.69, 9.17) is 10.8 Å². The van der Waals surface area contributed by atoms with E-state index in [0.717, 1.165) is 18.5 Å². The minimum absolute atomic E-state index is 0.316. The molecule has 2 heteroatoms. The van der Waals surface area contributed by atoms with Crippen LogP contribution >= 0.6 is 0 Å². The lowest BCUT2D eigenvalue weighted by molar-refractivity contribution is 0.475. The van der Waals surface area contributed by atoms with Crippen LogP contribution in [-0.4, -0.2) is 5.11 Å². The van der Waals surface area contributed by atoms with Crippen LogP contribution in [0.1, 0.15) is 11.1 Å². The van der Waals surface area contributed by atoms with Crippen LogP contribution in [0.5, 0.6) is 5.75 Å². The van der Waals surface area contributed by atoms with Gasteiger partial charge in [-0.2, -0.15) is 0 Å². The van der Waals surface area contributed by atoms with Crippen LogP contribution in [0, 0.1) is 0 Å². The van der Waals surface area contributed by atoms with Gasteiger partial charge in [-0.15, -0.1) is 0 Å². The fourth-order valence-electron chi connectivity index (χ4n) is 1.64. The number of rotatable bonds is 3. The Morgan fingerprint density at radius 2 is 1.19 bits per heavy atom. The number of phenolic OH excluding ortho intramolecular Hbond substituents is 1. The van der Waals surface area contributed by atoms with Crippen molar-refractivity contribution in [3.8, 4) is 5.75 Å². The van der Waals surface area contributed by atoms with E-state index in [9.17, 15) is 0 Å². The second-order valence-corrected chi connectivity index (χ2v) is 3.91. The third-order valence-electron chi connectivity index (χ3n) is 2.62. The predicted octanol–water partition coefficient (Wildman–Crippen LogP) is 2.76. The maximum absolute atomic E-state index is 9.16. The first-order chi connectivity index (χ1) is 7.74. The lowest BCUT2D eigenvalue weighted by atomic mass is 10.0. The van der Waals surface area contributed by atoms with E-state index >= 15 is 0 Å². The van der Waals surface area contributed by atoms with Crippen LogP contribution in [0.4, 0.5) is 5.69 Å². The predicted molar refractivity (Wildman–Crippen MR) is 66.4 cm³/mol. The van der Waals surface area contributed by atoms with Gasteiger partial charge in [0, 0.05) is 5.69 Å². The zero-order chi connectivity index (χ0) is 11.4. The summed E-state index contributed by atoms with van der Waals surface area (Å²) in [5.74, 6) is 0.316. The first-order valence-corrected chi connectivity index (χ1v) is 5.36. The van der Waals surface area contributed by atoms with Gasteiger partial charge in [0.25, 0.3) is 0 Å². The molecule has 0 amide bonds. The van der Waals surface area contributed by atoms with Gasteiger partial charge in [-0.25, -0.2) is 0 Å². The summed E-state index contributed by atoms with van der Waals surface area (Å²) in [6.45, 7) is 0. The summed E-state index contributed by atoms with van der Waals surface area (Å²) in [5, 5.41) is 9.16. The standard InChI is InChI=1S/C14H15NO/c15-13-7-3-11(4-8-13)1-2-12-5-9-14(16)10-6-12/h3-10,16H,1-2,15H2. The van der Waals surface area contributed by atoms with Gasteiger partial charge < -0.3 is 10.8 Å². The highest BCUT2D eigenvalue weighted by molar-refractivity contribution is 5.39. The SMILES string of the molecule is Nc1ccc(CCc2ccc(O)cc2)cc1. The van der Waals surface area contributed by atoms with Crippen molar-refractivity contribution in [3.63, 3.8) is 0 Å². The molecule has 0 bridgehead atoms. The summed E-state index contributed by atoms with van der Waals surface area (Å²) in [7, 11) is 0. The van der Waals surface area contributed by atoms with E-state index in [1.165, 1.54) is 11.1 Å². The summed E-state index contributed by atoms with van der Waals surface area (Å²) in [6.07, 6.45) is 1.97. The molecule has 2 rings (SSSR count).